The molecule has 1 aliphatic heterocycles. The normalized spacial score (nSPS) is 14.4. The molecule has 0 unspecified atom stereocenters. The second-order valence-corrected chi connectivity index (χ2v) is 6.37. The number of rotatable bonds is 5. The zero-order valence-electron chi connectivity index (χ0n) is 14.9. The highest BCUT2D eigenvalue weighted by Gasteiger charge is 2.15. The second-order valence-electron chi connectivity index (χ2n) is 6.37. The molecule has 5 heteroatoms. The molecule has 134 valence electrons. The summed E-state index contributed by atoms with van der Waals surface area (Å²) in [7, 11) is 1.68. The van der Waals surface area contributed by atoms with E-state index in [-0.39, 0.29) is 0 Å². The number of anilines is 2. The van der Waals surface area contributed by atoms with E-state index < -0.39 is 0 Å². The van der Waals surface area contributed by atoms with E-state index in [1.165, 1.54) is 16.3 Å². The Hall–Kier alpha value is -2.79. The van der Waals surface area contributed by atoms with Crippen LogP contribution in [0.15, 0.2) is 54.7 Å². The van der Waals surface area contributed by atoms with Gasteiger partial charge in [-0.15, -0.1) is 0 Å². The molecule has 0 spiro atoms. The maximum Gasteiger partial charge on any atom is 0.136 e. The molecule has 1 fully saturated rings. The van der Waals surface area contributed by atoms with Crippen molar-refractivity contribution in [3.8, 4) is 5.75 Å². The van der Waals surface area contributed by atoms with Gasteiger partial charge in [0.05, 0.1) is 20.3 Å². The molecule has 3 aromatic rings. The second kappa shape index (κ2) is 7.62. The van der Waals surface area contributed by atoms with Crippen LogP contribution in [0.4, 0.5) is 11.5 Å². The summed E-state index contributed by atoms with van der Waals surface area (Å²) >= 11 is 0. The Bertz CT molecular complexity index is 874. The summed E-state index contributed by atoms with van der Waals surface area (Å²) in [6, 6.07) is 16.7. The minimum absolute atomic E-state index is 0.763. The van der Waals surface area contributed by atoms with Crippen LogP contribution in [0.25, 0.3) is 10.8 Å². The van der Waals surface area contributed by atoms with Gasteiger partial charge in [0, 0.05) is 36.9 Å². The monoisotopic (exact) mass is 349 g/mol. The first kappa shape index (κ1) is 16.7. The first-order valence-corrected chi connectivity index (χ1v) is 8.92. The van der Waals surface area contributed by atoms with Crippen molar-refractivity contribution in [2.24, 2.45) is 0 Å². The first-order chi connectivity index (χ1) is 12.8. The lowest BCUT2D eigenvalue weighted by Crippen LogP contribution is -2.36. The van der Waals surface area contributed by atoms with Crippen molar-refractivity contribution in [3.05, 3.63) is 60.3 Å². The van der Waals surface area contributed by atoms with Gasteiger partial charge in [0.25, 0.3) is 0 Å². The van der Waals surface area contributed by atoms with E-state index >= 15 is 0 Å². The first-order valence-electron chi connectivity index (χ1n) is 8.92. The van der Waals surface area contributed by atoms with Crippen LogP contribution in [0.5, 0.6) is 5.75 Å². The van der Waals surface area contributed by atoms with Crippen LogP contribution in [-0.4, -0.2) is 38.4 Å². The van der Waals surface area contributed by atoms with Crippen LogP contribution in [0.1, 0.15) is 5.56 Å². The molecule has 1 N–H and O–H groups in total. The van der Waals surface area contributed by atoms with E-state index in [1.807, 2.05) is 18.3 Å². The van der Waals surface area contributed by atoms with E-state index in [4.69, 9.17) is 9.47 Å². The van der Waals surface area contributed by atoms with E-state index in [0.717, 1.165) is 50.1 Å². The lowest BCUT2D eigenvalue weighted by Gasteiger charge is -2.28. The number of aromatic nitrogens is 1. The standard InChI is InChI=1S/C21H23N3O2/c1-25-19-5-2-16(3-6-19)15-23-18-4-7-20-17(14-18)8-9-22-21(20)24-10-12-26-13-11-24/h2-9,14,23H,10-13,15H2,1H3. The maximum absolute atomic E-state index is 5.45. The highest BCUT2D eigenvalue weighted by molar-refractivity contribution is 5.94. The number of hydrogen-bond acceptors (Lipinski definition) is 5. The number of methoxy groups -OCH3 is 1. The van der Waals surface area contributed by atoms with Gasteiger partial charge in [0.2, 0.25) is 0 Å². The summed E-state index contributed by atoms with van der Waals surface area (Å²) in [5.41, 5.74) is 2.32. The average Bonchev–Trinajstić information content (AvgIpc) is 2.72. The lowest BCUT2D eigenvalue weighted by molar-refractivity contribution is 0.122. The molecule has 2 heterocycles. The van der Waals surface area contributed by atoms with Gasteiger partial charge in [-0.05, 0) is 47.3 Å². The third-order valence-electron chi connectivity index (χ3n) is 4.71. The van der Waals surface area contributed by atoms with Crippen LogP contribution in [0.2, 0.25) is 0 Å². The maximum atomic E-state index is 5.45. The van der Waals surface area contributed by atoms with Crippen LogP contribution >= 0.6 is 0 Å². The zero-order chi connectivity index (χ0) is 17.8. The molecule has 5 nitrogen and oxygen atoms in total. The third-order valence-corrected chi connectivity index (χ3v) is 4.71. The van der Waals surface area contributed by atoms with Crippen molar-refractivity contribution in [2.75, 3.05) is 43.6 Å². The Labute approximate surface area is 153 Å². The Balaban J connectivity index is 1.51. The molecule has 0 aliphatic carbocycles. The summed E-state index contributed by atoms with van der Waals surface area (Å²) in [5.74, 6) is 1.93. The summed E-state index contributed by atoms with van der Waals surface area (Å²) in [6.07, 6.45) is 1.89. The Morgan fingerprint density at radius 1 is 1.08 bits per heavy atom. The number of fused-ring (bicyclic) bond motifs is 1. The molecule has 0 atom stereocenters. The zero-order valence-corrected chi connectivity index (χ0v) is 14.9. The van der Waals surface area contributed by atoms with E-state index in [9.17, 15) is 0 Å². The van der Waals surface area contributed by atoms with E-state index in [0.29, 0.717) is 0 Å². The van der Waals surface area contributed by atoms with Crippen LogP contribution < -0.4 is 15.0 Å². The average molecular weight is 349 g/mol. The molecule has 1 aromatic heterocycles. The van der Waals surface area contributed by atoms with E-state index in [2.05, 4.69) is 51.6 Å². The van der Waals surface area contributed by atoms with Crippen molar-refractivity contribution in [2.45, 2.75) is 6.54 Å². The molecule has 0 radical (unpaired) electrons. The predicted molar refractivity (Wildman–Crippen MR) is 105 cm³/mol. The number of nitrogens with one attached hydrogen (secondary N) is 1. The highest BCUT2D eigenvalue weighted by Crippen LogP contribution is 2.27. The van der Waals surface area contributed by atoms with Gasteiger partial charge in [0.1, 0.15) is 11.6 Å². The van der Waals surface area contributed by atoms with Gasteiger partial charge in [-0.25, -0.2) is 4.98 Å². The SMILES string of the molecule is COc1ccc(CNc2ccc3c(N4CCOCC4)nccc3c2)cc1. The lowest BCUT2D eigenvalue weighted by atomic mass is 10.1. The molecule has 0 amide bonds. The minimum atomic E-state index is 0.763. The molecule has 1 saturated heterocycles. The fraction of sp³-hybridized carbons (Fsp3) is 0.286. The van der Waals surface area contributed by atoms with E-state index in [1.54, 1.807) is 7.11 Å². The smallest absolute Gasteiger partial charge is 0.136 e. The Morgan fingerprint density at radius 2 is 1.88 bits per heavy atom. The summed E-state index contributed by atoms with van der Waals surface area (Å²) in [6.45, 7) is 4.09. The van der Waals surface area contributed by atoms with Crippen molar-refractivity contribution in [1.82, 2.24) is 4.98 Å². The molecular weight excluding hydrogens is 326 g/mol. The quantitative estimate of drug-likeness (QED) is 0.761. The molecule has 4 rings (SSSR count). The molecule has 2 aromatic carbocycles. The summed E-state index contributed by atoms with van der Waals surface area (Å²) in [4.78, 5) is 6.91. The largest absolute Gasteiger partial charge is 0.497 e. The molecule has 0 bridgehead atoms. The fourth-order valence-electron chi connectivity index (χ4n) is 3.25. The van der Waals surface area contributed by atoms with Crippen LogP contribution in [0.3, 0.4) is 0 Å². The number of ether oxygens (including phenoxy) is 2. The predicted octanol–water partition coefficient (Wildman–Crippen LogP) is 3.69. The number of benzene rings is 2. The van der Waals surface area contributed by atoms with Crippen molar-refractivity contribution in [3.63, 3.8) is 0 Å². The van der Waals surface area contributed by atoms with Crippen molar-refractivity contribution < 1.29 is 9.47 Å². The van der Waals surface area contributed by atoms with Crippen LogP contribution in [-0.2, 0) is 11.3 Å². The minimum Gasteiger partial charge on any atom is -0.497 e. The van der Waals surface area contributed by atoms with Gasteiger partial charge in [-0.1, -0.05) is 12.1 Å². The molecule has 26 heavy (non-hydrogen) atoms. The topological polar surface area (TPSA) is 46.6 Å². The number of morpholine rings is 1. The van der Waals surface area contributed by atoms with Gasteiger partial charge in [-0.2, -0.15) is 0 Å². The number of hydrogen-bond donors (Lipinski definition) is 1. The highest BCUT2D eigenvalue weighted by atomic mass is 16.5. The van der Waals surface area contributed by atoms with Crippen LogP contribution in [0, 0.1) is 0 Å². The molecular formula is C21H23N3O2. The summed E-state index contributed by atoms with van der Waals surface area (Å²) in [5, 5.41) is 5.87. The number of pyridine rings is 1. The fourth-order valence-corrected chi connectivity index (χ4v) is 3.25. The van der Waals surface area contributed by atoms with Gasteiger partial charge in [0.15, 0.2) is 0 Å². The van der Waals surface area contributed by atoms with Gasteiger partial charge in [-0.3, -0.25) is 0 Å². The molecule has 0 saturated carbocycles. The summed E-state index contributed by atoms with van der Waals surface area (Å²) < 4.78 is 10.7. The third kappa shape index (κ3) is 3.58. The number of nitrogens with zero attached hydrogens (tertiary/aromatic N) is 2. The Morgan fingerprint density at radius 3 is 2.65 bits per heavy atom. The van der Waals surface area contributed by atoms with Gasteiger partial charge < -0.3 is 19.7 Å². The van der Waals surface area contributed by atoms with Crippen molar-refractivity contribution in [1.29, 1.82) is 0 Å². The Kier molecular flexibility index (Phi) is 4.88. The van der Waals surface area contributed by atoms with Crippen molar-refractivity contribution >= 4 is 22.3 Å². The molecule has 1 aliphatic rings. The van der Waals surface area contributed by atoms with Gasteiger partial charge >= 0.3 is 0 Å².